The third-order valence-corrected chi connectivity index (χ3v) is 5.79. The highest BCUT2D eigenvalue weighted by atomic mass is 16.5. The summed E-state index contributed by atoms with van der Waals surface area (Å²) >= 11 is 0. The molecule has 5 heteroatoms. The Kier molecular flexibility index (Phi) is 6.12. The van der Waals surface area contributed by atoms with E-state index in [2.05, 4.69) is 47.4 Å². The lowest BCUT2D eigenvalue weighted by molar-refractivity contribution is -0.132. The van der Waals surface area contributed by atoms with Crippen molar-refractivity contribution in [1.29, 1.82) is 5.26 Å². The lowest BCUT2D eigenvalue weighted by Gasteiger charge is -2.23. The number of carbonyl (C=O) groups excluding carboxylic acids is 1. The van der Waals surface area contributed by atoms with E-state index in [1.807, 2.05) is 18.2 Å². The topological polar surface area (TPSA) is 56.6 Å². The molecule has 0 spiro atoms. The summed E-state index contributed by atoms with van der Waals surface area (Å²) in [5, 5.41) is 9.18. The van der Waals surface area contributed by atoms with Crippen molar-refractivity contribution >= 4 is 5.91 Å². The quantitative estimate of drug-likeness (QED) is 0.761. The largest absolute Gasteiger partial charge is 0.489 e. The van der Waals surface area contributed by atoms with Gasteiger partial charge in [-0.3, -0.25) is 9.69 Å². The van der Waals surface area contributed by atoms with Gasteiger partial charge in [-0.15, -0.1) is 0 Å². The summed E-state index contributed by atoms with van der Waals surface area (Å²) in [6, 6.07) is 20.7. The second-order valence-electron chi connectivity index (χ2n) is 7.94. The molecule has 0 saturated carbocycles. The Morgan fingerprint density at radius 2 is 1.79 bits per heavy atom. The average Bonchev–Trinajstić information content (AvgIpc) is 3.39. The van der Waals surface area contributed by atoms with Crippen LogP contribution in [0.3, 0.4) is 0 Å². The minimum Gasteiger partial charge on any atom is -0.489 e. The van der Waals surface area contributed by atoms with Gasteiger partial charge in [0.15, 0.2) is 0 Å². The van der Waals surface area contributed by atoms with Crippen LogP contribution in [0.2, 0.25) is 0 Å². The van der Waals surface area contributed by atoms with Gasteiger partial charge in [-0.1, -0.05) is 42.5 Å². The molecule has 2 aromatic rings. The SMILES string of the molecule is N#C[C@@H]1CCCN1C(=O)CN1CC[C@H](Oc2ccc(Cc3ccccc3)cc2)C1. The minimum absolute atomic E-state index is 0.0694. The van der Waals surface area contributed by atoms with Crippen LogP contribution < -0.4 is 4.74 Å². The summed E-state index contributed by atoms with van der Waals surface area (Å²) in [6.45, 7) is 2.70. The van der Waals surface area contributed by atoms with Crippen LogP contribution in [0.15, 0.2) is 54.6 Å². The van der Waals surface area contributed by atoms with Crippen molar-refractivity contribution in [2.75, 3.05) is 26.2 Å². The molecule has 0 unspecified atom stereocenters. The van der Waals surface area contributed by atoms with E-state index in [1.165, 1.54) is 11.1 Å². The van der Waals surface area contributed by atoms with Gasteiger partial charge in [-0.25, -0.2) is 0 Å². The monoisotopic (exact) mass is 389 g/mol. The van der Waals surface area contributed by atoms with E-state index < -0.39 is 0 Å². The van der Waals surface area contributed by atoms with Crippen molar-refractivity contribution in [3.8, 4) is 11.8 Å². The van der Waals surface area contributed by atoms with Crippen LogP contribution in [0.4, 0.5) is 0 Å². The number of nitriles is 1. The molecule has 29 heavy (non-hydrogen) atoms. The molecule has 2 aliphatic rings. The first-order valence-electron chi connectivity index (χ1n) is 10.4. The number of nitrogens with zero attached hydrogens (tertiary/aromatic N) is 3. The Bertz CT molecular complexity index is 860. The van der Waals surface area contributed by atoms with E-state index in [1.54, 1.807) is 4.90 Å². The maximum absolute atomic E-state index is 12.5. The fraction of sp³-hybridized carbons (Fsp3) is 0.417. The van der Waals surface area contributed by atoms with Gasteiger partial charge in [0.25, 0.3) is 0 Å². The zero-order valence-corrected chi connectivity index (χ0v) is 16.7. The van der Waals surface area contributed by atoms with Crippen LogP contribution in [0.25, 0.3) is 0 Å². The van der Waals surface area contributed by atoms with Crippen molar-refractivity contribution in [2.45, 2.75) is 37.8 Å². The molecule has 2 saturated heterocycles. The highest BCUT2D eigenvalue weighted by Crippen LogP contribution is 2.21. The Labute approximate surface area is 172 Å². The molecule has 2 aliphatic heterocycles. The lowest BCUT2D eigenvalue weighted by Crippen LogP contribution is -2.42. The number of hydrogen-bond acceptors (Lipinski definition) is 4. The summed E-state index contributed by atoms with van der Waals surface area (Å²) in [5.74, 6) is 0.948. The standard InChI is InChI=1S/C24H27N3O2/c25-16-21-7-4-13-27(21)24(28)18-26-14-12-23(17-26)29-22-10-8-20(9-11-22)15-19-5-2-1-3-6-19/h1-3,5-6,8-11,21,23H,4,7,12-15,17-18H2/t21-,23-/m0/s1. The molecule has 2 aromatic carbocycles. The van der Waals surface area contributed by atoms with Crippen molar-refractivity contribution in [3.63, 3.8) is 0 Å². The molecular weight excluding hydrogens is 362 g/mol. The van der Waals surface area contributed by atoms with Crippen LogP contribution in [0.5, 0.6) is 5.75 Å². The van der Waals surface area contributed by atoms with E-state index in [-0.39, 0.29) is 18.1 Å². The first-order valence-corrected chi connectivity index (χ1v) is 10.4. The Morgan fingerprint density at radius 1 is 1.03 bits per heavy atom. The third-order valence-electron chi connectivity index (χ3n) is 5.79. The van der Waals surface area contributed by atoms with Gasteiger partial charge in [-0.2, -0.15) is 5.26 Å². The van der Waals surface area contributed by atoms with E-state index in [4.69, 9.17) is 4.74 Å². The van der Waals surface area contributed by atoms with Crippen LogP contribution in [-0.2, 0) is 11.2 Å². The number of amides is 1. The molecule has 2 fully saturated rings. The van der Waals surface area contributed by atoms with Crippen molar-refractivity contribution < 1.29 is 9.53 Å². The molecule has 2 atom stereocenters. The predicted octanol–water partition coefficient (Wildman–Crippen LogP) is 3.25. The summed E-state index contributed by atoms with van der Waals surface area (Å²) < 4.78 is 6.14. The van der Waals surface area contributed by atoms with Gasteiger partial charge < -0.3 is 9.64 Å². The Morgan fingerprint density at radius 3 is 2.55 bits per heavy atom. The predicted molar refractivity (Wildman–Crippen MR) is 112 cm³/mol. The van der Waals surface area contributed by atoms with Crippen LogP contribution >= 0.6 is 0 Å². The average molecular weight is 389 g/mol. The second kappa shape index (κ2) is 9.11. The van der Waals surface area contributed by atoms with Crippen molar-refractivity contribution in [1.82, 2.24) is 9.80 Å². The number of rotatable bonds is 6. The van der Waals surface area contributed by atoms with Gasteiger partial charge in [0.2, 0.25) is 5.91 Å². The van der Waals surface area contributed by atoms with Gasteiger partial charge in [0.05, 0.1) is 12.6 Å². The summed E-state index contributed by atoms with van der Waals surface area (Å²) in [4.78, 5) is 16.4. The van der Waals surface area contributed by atoms with Gasteiger partial charge in [-0.05, 0) is 48.9 Å². The lowest BCUT2D eigenvalue weighted by atomic mass is 10.1. The van der Waals surface area contributed by atoms with Crippen molar-refractivity contribution in [3.05, 3.63) is 65.7 Å². The zero-order chi connectivity index (χ0) is 20.1. The molecular formula is C24H27N3O2. The third kappa shape index (κ3) is 4.96. The smallest absolute Gasteiger partial charge is 0.237 e. The number of ether oxygens (including phenoxy) is 1. The summed E-state index contributed by atoms with van der Waals surface area (Å²) in [7, 11) is 0. The molecule has 0 radical (unpaired) electrons. The minimum atomic E-state index is -0.244. The second-order valence-corrected chi connectivity index (χ2v) is 7.94. The Hall–Kier alpha value is -2.84. The zero-order valence-electron chi connectivity index (χ0n) is 16.7. The molecule has 0 aromatic heterocycles. The van der Waals surface area contributed by atoms with E-state index in [0.29, 0.717) is 13.1 Å². The number of likely N-dealkylation sites (tertiary alicyclic amines) is 2. The molecule has 0 N–H and O–H groups in total. The number of benzene rings is 2. The molecule has 0 bridgehead atoms. The van der Waals surface area contributed by atoms with E-state index >= 15 is 0 Å². The molecule has 150 valence electrons. The van der Waals surface area contributed by atoms with Gasteiger partial charge >= 0.3 is 0 Å². The van der Waals surface area contributed by atoms with Crippen LogP contribution in [0.1, 0.15) is 30.4 Å². The summed E-state index contributed by atoms with van der Waals surface area (Å²) in [6.07, 6.45) is 3.67. The van der Waals surface area contributed by atoms with Gasteiger partial charge in [0.1, 0.15) is 17.9 Å². The maximum atomic E-state index is 12.5. The maximum Gasteiger partial charge on any atom is 0.237 e. The molecule has 4 rings (SSSR count). The van der Waals surface area contributed by atoms with E-state index in [0.717, 1.165) is 44.5 Å². The number of carbonyl (C=O) groups is 1. The van der Waals surface area contributed by atoms with Gasteiger partial charge in [0, 0.05) is 19.6 Å². The normalized spacial score (nSPS) is 21.8. The molecule has 2 heterocycles. The fourth-order valence-electron chi connectivity index (χ4n) is 4.23. The Balaban J connectivity index is 1.26. The van der Waals surface area contributed by atoms with E-state index in [9.17, 15) is 10.1 Å². The number of hydrogen-bond donors (Lipinski definition) is 0. The molecule has 0 aliphatic carbocycles. The highest BCUT2D eigenvalue weighted by molar-refractivity contribution is 5.79. The molecule has 5 nitrogen and oxygen atoms in total. The van der Waals surface area contributed by atoms with Crippen LogP contribution in [-0.4, -0.2) is 54.0 Å². The first kappa shape index (κ1) is 19.5. The fourth-order valence-corrected chi connectivity index (χ4v) is 4.23. The first-order chi connectivity index (χ1) is 14.2. The molecule has 1 amide bonds. The van der Waals surface area contributed by atoms with Crippen molar-refractivity contribution in [2.24, 2.45) is 0 Å². The van der Waals surface area contributed by atoms with Crippen LogP contribution in [0, 0.1) is 11.3 Å². The summed E-state index contributed by atoms with van der Waals surface area (Å²) in [5.41, 5.74) is 2.56. The highest BCUT2D eigenvalue weighted by Gasteiger charge is 2.32.